The van der Waals surface area contributed by atoms with Crippen LogP contribution < -0.4 is 4.74 Å². The number of esters is 1. The molecule has 0 aliphatic carbocycles. The van der Waals surface area contributed by atoms with E-state index in [2.05, 4.69) is 27.8 Å². The van der Waals surface area contributed by atoms with E-state index in [4.69, 9.17) is 9.47 Å². The van der Waals surface area contributed by atoms with Crippen LogP contribution in [0.25, 0.3) is 21.8 Å². The number of carbonyl (C=O) groups excluding carboxylic acids is 1. The van der Waals surface area contributed by atoms with Crippen LogP contribution in [0.15, 0.2) is 30.5 Å². The molecule has 0 bridgehead atoms. The van der Waals surface area contributed by atoms with Gasteiger partial charge in [0.1, 0.15) is 11.4 Å². The minimum Gasteiger partial charge on any atom is -0.497 e. The molecule has 1 aromatic carbocycles. The van der Waals surface area contributed by atoms with Gasteiger partial charge in [0, 0.05) is 36.0 Å². The first-order valence-electron chi connectivity index (χ1n) is 9.43. The van der Waals surface area contributed by atoms with Crippen molar-refractivity contribution < 1.29 is 14.3 Å². The van der Waals surface area contributed by atoms with Crippen molar-refractivity contribution in [1.29, 1.82) is 0 Å². The average Bonchev–Trinajstić information content (AvgIpc) is 2.91. The van der Waals surface area contributed by atoms with E-state index in [0.717, 1.165) is 41.9 Å². The minimum atomic E-state index is -0.427. The number of nitrogens with zero attached hydrogens (tertiary/aromatic N) is 2. The summed E-state index contributed by atoms with van der Waals surface area (Å²) >= 11 is 0. The van der Waals surface area contributed by atoms with Gasteiger partial charge in [-0.1, -0.05) is 0 Å². The molecule has 27 heavy (non-hydrogen) atoms. The number of pyridine rings is 1. The molecule has 0 fully saturated rings. The van der Waals surface area contributed by atoms with Gasteiger partial charge in [0.25, 0.3) is 0 Å². The van der Waals surface area contributed by atoms with Crippen molar-refractivity contribution in [2.75, 3.05) is 7.11 Å². The molecule has 5 heteroatoms. The zero-order valence-electron chi connectivity index (χ0n) is 16.8. The van der Waals surface area contributed by atoms with Crippen molar-refractivity contribution in [3.63, 3.8) is 0 Å². The standard InChI is InChI=1S/C22H28N2O3/c1-15-21-18(11-12-23-15)17-10-9-16(26-5)14-19(17)24(21)13-7-6-8-20(25)27-22(2,3)4/h9-12,14H,6-8,13H2,1-5H3. The Kier molecular flexibility index (Phi) is 5.40. The zero-order valence-corrected chi connectivity index (χ0v) is 16.8. The molecule has 0 N–H and O–H groups in total. The van der Waals surface area contributed by atoms with Crippen LogP contribution in [0.1, 0.15) is 45.7 Å². The van der Waals surface area contributed by atoms with E-state index < -0.39 is 5.60 Å². The van der Waals surface area contributed by atoms with Gasteiger partial charge in [-0.2, -0.15) is 0 Å². The summed E-state index contributed by atoms with van der Waals surface area (Å²) in [6, 6.07) is 8.23. The van der Waals surface area contributed by atoms with E-state index in [1.165, 1.54) is 10.8 Å². The lowest BCUT2D eigenvalue weighted by Gasteiger charge is -2.19. The fraction of sp³-hybridized carbons (Fsp3) is 0.455. The Morgan fingerprint density at radius 3 is 2.63 bits per heavy atom. The van der Waals surface area contributed by atoms with E-state index in [9.17, 15) is 4.79 Å². The number of aromatic nitrogens is 2. The summed E-state index contributed by atoms with van der Waals surface area (Å²) in [7, 11) is 1.68. The molecule has 0 unspecified atom stereocenters. The summed E-state index contributed by atoms with van der Waals surface area (Å²) in [5.41, 5.74) is 2.87. The smallest absolute Gasteiger partial charge is 0.306 e. The Labute approximate surface area is 160 Å². The van der Waals surface area contributed by atoms with Crippen LogP contribution in [0.3, 0.4) is 0 Å². The highest BCUT2D eigenvalue weighted by Gasteiger charge is 2.17. The van der Waals surface area contributed by atoms with Gasteiger partial charge in [-0.3, -0.25) is 9.78 Å². The monoisotopic (exact) mass is 368 g/mol. The van der Waals surface area contributed by atoms with Crippen LogP contribution in [-0.2, 0) is 16.1 Å². The molecule has 0 aliphatic rings. The number of fused-ring (bicyclic) bond motifs is 3. The van der Waals surface area contributed by atoms with Crippen LogP contribution in [0.5, 0.6) is 5.75 Å². The highest BCUT2D eigenvalue weighted by atomic mass is 16.6. The van der Waals surface area contributed by atoms with Crippen LogP contribution >= 0.6 is 0 Å². The molecule has 3 rings (SSSR count). The molecule has 3 aromatic rings. The SMILES string of the molecule is COc1ccc2c3ccnc(C)c3n(CCCCC(=O)OC(C)(C)C)c2c1. The van der Waals surface area contributed by atoms with Gasteiger partial charge in [-0.15, -0.1) is 0 Å². The molecule has 0 spiro atoms. The number of rotatable bonds is 6. The number of methoxy groups -OCH3 is 1. The van der Waals surface area contributed by atoms with Crippen molar-refractivity contribution in [3.8, 4) is 5.75 Å². The van der Waals surface area contributed by atoms with Gasteiger partial charge in [-0.25, -0.2) is 0 Å². The third-order valence-electron chi connectivity index (χ3n) is 4.60. The largest absolute Gasteiger partial charge is 0.497 e. The number of unbranched alkanes of at least 4 members (excludes halogenated alkanes) is 1. The topological polar surface area (TPSA) is 53.4 Å². The maximum atomic E-state index is 11.9. The van der Waals surface area contributed by atoms with Crippen molar-refractivity contribution in [1.82, 2.24) is 9.55 Å². The number of hydrogen-bond acceptors (Lipinski definition) is 4. The third kappa shape index (κ3) is 4.24. The van der Waals surface area contributed by atoms with Gasteiger partial charge < -0.3 is 14.0 Å². The van der Waals surface area contributed by atoms with Crippen LogP contribution in [0, 0.1) is 6.92 Å². The third-order valence-corrected chi connectivity index (χ3v) is 4.60. The van der Waals surface area contributed by atoms with Crippen LogP contribution in [0.2, 0.25) is 0 Å². The average molecular weight is 368 g/mol. The predicted molar refractivity (Wildman–Crippen MR) is 108 cm³/mol. The molecule has 144 valence electrons. The Morgan fingerprint density at radius 1 is 1.15 bits per heavy atom. The predicted octanol–water partition coefficient (Wildman–Crippen LogP) is 5.02. The van der Waals surface area contributed by atoms with Gasteiger partial charge >= 0.3 is 5.97 Å². The summed E-state index contributed by atoms with van der Waals surface area (Å²) in [4.78, 5) is 16.4. The van der Waals surface area contributed by atoms with Gasteiger partial charge in [0.05, 0.1) is 23.8 Å². The Morgan fingerprint density at radius 2 is 1.93 bits per heavy atom. The number of benzene rings is 1. The normalized spacial score (nSPS) is 11.9. The number of hydrogen-bond donors (Lipinski definition) is 0. The summed E-state index contributed by atoms with van der Waals surface area (Å²) < 4.78 is 13.1. The minimum absolute atomic E-state index is 0.135. The molecule has 0 saturated carbocycles. The van der Waals surface area contributed by atoms with Crippen LogP contribution in [-0.4, -0.2) is 28.2 Å². The Hall–Kier alpha value is -2.56. The lowest BCUT2D eigenvalue weighted by molar-refractivity contribution is -0.154. The summed E-state index contributed by atoms with van der Waals surface area (Å²) in [5.74, 6) is 0.704. The van der Waals surface area contributed by atoms with Crippen molar-refractivity contribution in [2.45, 2.75) is 59.1 Å². The Bertz CT molecular complexity index is 967. The molecule has 0 radical (unpaired) electrons. The van der Waals surface area contributed by atoms with Gasteiger partial charge in [0.2, 0.25) is 0 Å². The highest BCUT2D eigenvalue weighted by Crippen LogP contribution is 2.33. The Balaban J connectivity index is 1.83. The van der Waals surface area contributed by atoms with E-state index in [1.807, 2.05) is 40.0 Å². The number of carbonyl (C=O) groups is 1. The molecular formula is C22H28N2O3. The fourth-order valence-corrected chi connectivity index (χ4v) is 3.49. The maximum absolute atomic E-state index is 11.9. The number of ether oxygens (including phenoxy) is 2. The first kappa shape index (κ1) is 19.2. The van der Waals surface area contributed by atoms with Crippen molar-refractivity contribution in [3.05, 3.63) is 36.2 Å². The van der Waals surface area contributed by atoms with Crippen LogP contribution in [0.4, 0.5) is 0 Å². The molecule has 2 heterocycles. The maximum Gasteiger partial charge on any atom is 0.306 e. The van der Waals surface area contributed by atoms with E-state index in [-0.39, 0.29) is 5.97 Å². The summed E-state index contributed by atoms with van der Waals surface area (Å²) in [5, 5.41) is 2.40. The highest BCUT2D eigenvalue weighted by molar-refractivity contribution is 6.09. The summed E-state index contributed by atoms with van der Waals surface area (Å²) in [6.45, 7) is 8.54. The molecule has 0 atom stereocenters. The van der Waals surface area contributed by atoms with E-state index >= 15 is 0 Å². The lowest BCUT2D eigenvalue weighted by Crippen LogP contribution is -2.23. The van der Waals surface area contributed by atoms with Gasteiger partial charge in [-0.05, 0) is 58.7 Å². The first-order chi connectivity index (χ1) is 12.8. The number of aryl methyl sites for hydroxylation is 2. The molecule has 0 aliphatic heterocycles. The van der Waals surface area contributed by atoms with Gasteiger partial charge in [0.15, 0.2) is 0 Å². The zero-order chi connectivity index (χ0) is 19.6. The van der Waals surface area contributed by atoms with E-state index in [1.54, 1.807) is 7.11 Å². The second-order valence-electron chi connectivity index (χ2n) is 7.87. The molecule has 0 amide bonds. The second-order valence-corrected chi connectivity index (χ2v) is 7.87. The molecular weight excluding hydrogens is 340 g/mol. The van der Waals surface area contributed by atoms with Crippen molar-refractivity contribution >= 4 is 27.8 Å². The lowest BCUT2D eigenvalue weighted by atomic mass is 10.1. The molecule has 0 saturated heterocycles. The molecule has 5 nitrogen and oxygen atoms in total. The van der Waals surface area contributed by atoms with E-state index in [0.29, 0.717) is 6.42 Å². The van der Waals surface area contributed by atoms with Crippen molar-refractivity contribution in [2.24, 2.45) is 0 Å². The molecule has 2 aromatic heterocycles. The quantitative estimate of drug-likeness (QED) is 0.453. The fourth-order valence-electron chi connectivity index (χ4n) is 3.49. The summed E-state index contributed by atoms with van der Waals surface area (Å²) in [6.07, 6.45) is 3.98. The second kappa shape index (κ2) is 7.59. The first-order valence-corrected chi connectivity index (χ1v) is 9.43.